The third-order valence-electron chi connectivity index (χ3n) is 3.07. The molecule has 0 spiro atoms. The summed E-state index contributed by atoms with van der Waals surface area (Å²) in [6.07, 6.45) is 0. The summed E-state index contributed by atoms with van der Waals surface area (Å²) in [6.45, 7) is 6.16. The van der Waals surface area contributed by atoms with Gasteiger partial charge in [0.2, 0.25) is 10.0 Å². The van der Waals surface area contributed by atoms with E-state index in [1.165, 1.54) is 6.92 Å². The van der Waals surface area contributed by atoms with Gasteiger partial charge in [-0.2, -0.15) is 0 Å². The molecule has 9 nitrogen and oxygen atoms in total. The largest absolute Gasteiger partial charge is 0.462 e. The molecule has 11 heteroatoms. The van der Waals surface area contributed by atoms with Gasteiger partial charge in [-0.1, -0.05) is 0 Å². The number of esters is 1. The lowest BCUT2D eigenvalue weighted by atomic mass is 10.1. The van der Waals surface area contributed by atoms with Crippen molar-refractivity contribution in [3.8, 4) is 0 Å². The Morgan fingerprint density at radius 3 is 2.40 bits per heavy atom. The zero-order valence-corrected chi connectivity index (χ0v) is 16.0. The quantitative estimate of drug-likeness (QED) is 0.404. The molecule has 0 amide bonds. The van der Waals surface area contributed by atoms with E-state index < -0.39 is 37.0 Å². The second-order valence-electron chi connectivity index (χ2n) is 5.91. The molecule has 0 aromatic heterocycles. The summed E-state index contributed by atoms with van der Waals surface area (Å²) in [6, 6.07) is 1.97. The summed E-state index contributed by atoms with van der Waals surface area (Å²) < 4.78 is 31.8. The van der Waals surface area contributed by atoms with Gasteiger partial charge in [-0.25, -0.2) is 17.9 Å². The standard InChI is InChI=1S/C14H21N3O6S.ClH/c1-5-23-13(18)11-6-10(7-12(9(11)2)17(19)20)24(21,22)16-8-14(3,4)15;/h6-7,16H,5,8,15H2,1-4H3;1H. The summed E-state index contributed by atoms with van der Waals surface area (Å²) in [4.78, 5) is 22.0. The van der Waals surface area contributed by atoms with Crippen LogP contribution in [0.25, 0.3) is 0 Å². The number of sulfonamides is 1. The summed E-state index contributed by atoms with van der Waals surface area (Å²) in [7, 11) is -4.08. The molecular formula is C14H22ClN3O6S. The molecule has 25 heavy (non-hydrogen) atoms. The number of carbonyl (C=O) groups excluding carboxylic acids is 1. The van der Waals surface area contributed by atoms with Crippen LogP contribution in [0.4, 0.5) is 5.69 Å². The van der Waals surface area contributed by atoms with Crippen molar-refractivity contribution >= 4 is 34.1 Å². The highest BCUT2D eigenvalue weighted by Gasteiger charge is 2.27. The third kappa shape index (κ3) is 6.24. The van der Waals surface area contributed by atoms with Crippen LogP contribution >= 0.6 is 12.4 Å². The molecular weight excluding hydrogens is 374 g/mol. The van der Waals surface area contributed by atoms with E-state index in [9.17, 15) is 23.3 Å². The number of hydrogen-bond donors (Lipinski definition) is 2. The van der Waals surface area contributed by atoms with Crippen LogP contribution in [0.2, 0.25) is 0 Å². The first kappa shape index (κ1) is 23.2. The number of nitrogens with one attached hydrogen (secondary N) is 1. The maximum absolute atomic E-state index is 12.4. The molecule has 0 atom stereocenters. The number of benzene rings is 1. The van der Waals surface area contributed by atoms with Crippen molar-refractivity contribution in [2.24, 2.45) is 5.73 Å². The second-order valence-corrected chi connectivity index (χ2v) is 7.67. The zero-order valence-electron chi connectivity index (χ0n) is 14.4. The molecule has 0 radical (unpaired) electrons. The monoisotopic (exact) mass is 395 g/mol. The Labute approximate surface area is 152 Å². The SMILES string of the molecule is CCOC(=O)c1cc(S(=O)(=O)NCC(C)(C)N)cc([N+](=O)[O-])c1C.Cl. The molecule has 0 fully saturated rings. The van der Waals surface area contributed by atoms with Gasteiger partial charge < -0.3 is 10.5 Å². The number of nitro groups is 1. The van der Waals surface area contributed by atoms with Crippen LogP contribution in [0.5, 0.6) is 0 Å². The van der Waals surface area contributed by atoms with Crippen LogP contribution in [0.15, 0.2) is 17.0 Å². The minimum atomic E-state index is -4.08. The zero-order chi connectivity index (χ0) is 18.7. The lowest BCUT2D eigenvalue weighted by molar-refractivity contribution is -0.385. The topological polar surface area (TPSA) is 142 Å². The maximum Gasteiger partial charge on any atom is 0.338 e. The number of nitrogens with two attached hydrogens (primary N) is 1. The number of halogens is 1. The Balaban J connectivity index is 0.00000576. The van der Waals surface area contributed by atoms with Gasteiger partial charge in [-0.3, -0.25) is 10.1 Å². The van der Waals surface area contributed by atoms with Gasteiger partial charge in [0.05, 0.1) is 22.0 Å². The number of rotatable bonds is 7. The van der Waals surface area contributed by atoms with Gasteiger partial charge in [-0.15, -0.1) is 12.4 Å². The van der Waals surface area contributed by atoms with E-state index in [1.807, 2.05) is 0 Å². The van der Waals surface area contributed by atoms with Crippen LogP contribution in [0.1, 0.15) is 36.7 Å². The second kappa shape index (κ2) is 8.56. The molecule has 1 rings (SSSR count). The summed E-state index contributed by atoms with van der Waals surface area (Å²) >= 11 is 0. The van der Waals surface area contributed by atoms with Gasteiger partial charge in [-0.05, 0) is 33.8 Å². The minimum absolute atomic E-state index is 0. The highest BCUT2D eigenvalue weighted by Crippen LogP contribution is 2.27. The summed E-state index contributed by atoms with van der Waals surface area (Å²) in [5.41, 5.74) is 4.31. The average Bonchev–Trinajstić information content (AvgIpc) is 2.44. The van der Waals surface area contributed by atoms with E-state index >= 15 is 0 Å². The molecule has 0 aliphatic carbocycles. The molecule has 0 saturated heterocycles. The number of nitro benzene ring substituents is 1. The number of hydrogen-bond acceptors (Lipinski definition) is 7. The Morgan fingerprint density at radius 2 is 1.96 bits per heavy atom. The van der Waals surface area contributed by atoms with E-state index in [0.717, 1.165) is 12.1 Å². The minimum Gasteiger partial charge on any atom is -0.462 e. The molecule has 3 N–H and O–H groups in total. The molecule has 0 unspecified atom stereocenters. The number of ether oxygens (including phenoxy) is 1. The number of nitrogens with zero attached hydrogens (tertiary/aromatic N) is 1. The van der Waals surface area contributed by atoms with Gasteiger partial charge in [0.1, 0.15) is 0 Å². The molecule has 1 aromatic rings. The highest BCUT2D eigenvalue weighted by molar-refractivity contribution is 7.89. The lowest BCUT2D eigenvalue weighted by Gasteiger charge is -2.19. The predicted molar refractivity (Wildman–Crippen MR) is 94.5 cm³/mol. The van der Waals surface area contributed by atoms with Crippen LogP contribution < -0.4 is 10.5 Å². The first-order chi connectivity index (χ1) is 10.9. The van der Waals surface area contributed by atoms with Crippen molar-refractivity contribution < 1.29 is 22.9 Å². The van der Waals surface area contributed by atoms with E-state index in [4.69, 9.17) is 10.5 Å². The Bertz CT molecular complexity index is 759. The summed E-state index contributed by atoms with van der Waals surface area (Å²) in [5, 5.41) is 11.2. The predicted octanol–water partition coefficient (Wildman–Crippen LogP) is 1.52. The molecule has 0 heterocycles. The first-order valence-corrected chi connectivity index (χ1v) is 8.62. The normalized spacial score (nSPS) is 11.6. The van der Waals surface area contributed by atoms with Crippen molar-refractivity contribution in [2.45, 2.75) is 38.1 Å². The van der Waals surface area contributed by atoms with E-state index in [1.54, 1.807) is 20.8 Å². The maximum atomic E-state index is 12.4. The van der Waals surface area contributed by atoms with E-state index in [0.29, 0.717) is 0 Å². The van der Waals surface area contributed by atoms with Crippen LogP contribution in [0, 0.1) is 17.0 Å². The molecule has 0 aliphatic rings. The Morgan fingerprint density at radius 1 is 1.40 bits per heavy atom. The number of carbonyl (C=O) groups is 1. The lowest BCUT2D eigenvalue weighted by Crippen LogP contribution is -2.45. The van der Waals surface area contributed by atoms with E-state index in [2.05, 4.69) is 4.72 Å². The van der Waals surface area contributed by atoms with E-state index in [-0.39, 0.29) is 36.7 Å². The van der Waals surface area contributed by atoms with Crippen molar-refractivity contribution in [3.63, 3.8) is 0 Å². The fraction of sp³-hybridized carbons (Fsp3) is 0.500. The van der Waals surface area contributed by atoms with Crippen molar-refractivity contribution in [2.75, 3.05) is 13.2 Å². The van der Waals surface area contributed by atoms with Gasteiger partial charge in [0.25, 0.3) is 5.69 Å². The third-order valence-corrected chi connectivity index (χ3v) is 4.45. The van der Waals surface area contributed by atoms with Gasteiger partial charge in [0, 0.05) is 23.7 Å². The average molecular weight is 396 g/mol. The molecule has 0 aliphatic heterocycles. The van der Waals surface area contributed by atoms with Crippen LogP contribution in [-0.4, -0.2) is 38.0 Å². The van der Waals surface area contributed by atoms with Crippen molar-refractivity contribution in [1.82, 2.24) is 4.72 Å². The highest BCUT2D eigenvalue weighted by atomic mass is 35.5. The van der Waals surface area contributed by atoms with Crippen molar-refractivity contribution in [3.05, 3.63) is 33.4 Å². The molecule has 142 valence electrons. The molecule has 0 bridgehead atoms. The van der Waals surface area contributed by atoms with Crippen LogP contribution in [-0.2, 0) is 14.8 Å². The van der Waals surface area contributed by atoms with Crippen LogP contribution in [0.3, 0.4) is 0 Å². The fourth-order valence-corrected chi connectivity index (χ4v) is 3.07. The smallest absolute Gasteiger partial charge is 0.338 e. The molecule has 0 saturated carbocycles. The van der Waals surface area contributed by atoms with Gasteiger partial charge >= 0.3 is 5.97 Å². The first-order valence-electron chi connectivity index (χ1n) is 7.13. The van der Waals surface area contributed by atoms with Crippen molar-refractivity contribution in [1.29, 1.82) is 0 Å². The fourth-order valence-electron chi connectivity index (χ4n) is 1.80. The Kier molecular flexibility index (Phi) is 7.97. The Hall–Kier alpha value is -1.75. The van der Waals surface area contributed by atoms with Gasteiger partial charge in [0.15, 0.2) is 0 Å². The molecule has 1 aromatic carbocycles. The summed E-state index contributed by atoms with van der Waals surface area (Å²) in [5.74, 6) is -0.825.